The minimum atomic E-state index is -0.101. The number of hydrogen-bond acceptors (Lipinski definition) is 3. The molecule has 0 unspecified atom stereocenters. The molecule has 5 aromatic rings. The van der Waals surface area contributed by atoms with Gasteiger partial charge in [0.2, 0.25) is 0 Å². The maximum absolute atomic E-state index is 6.72. The molecule has 2 aliphatic rings. The third-order valence-corrected chi connectivity index (χ3v) is 9.44. The van der Waals surface area contributed by atoms with E-state index in [9.17, 15) is 0 Å². The molecule has 0 amide bonds. The number of hydrazone groups is 1. The molecule has 0 bridgehead atoms. The lowest BCUT2D eigenvalue weighted by Crippen LogP contribution is -2.15. The van der Waals surface area contributed by atoms with Crippen LogP contribution >= 0.6 is 0 Å². The average Bonchev–Trinajstić information content (AvgIpc) is 3.39. The number of hydrogen-bond donors (Lipinski definition) is 2. The summed E-state index contributed by atoms with van der Waals surface area (Å²) in [6.45, 7) is 9.19. The highest BCUT2D eigenvalue weighted by Gasteiger charge is 2.36. The molecule has 0 aromatic heterocycles. The summed E-state index contributed by atoms with van der Waals surface area (Å²) in [4.78, 5) is 0. The standard InChI is InChI=1S/C41H37N3/c1-40(2)35-18-11-9-15-29(35)31-22-21-28(25-37(31)40)44-43-23-13-17-32-33-26-38-34(30-16-10-12-19-36(30)41(38,3)4)24-27(33)14-7-5-6-8-20-39(32)42/h5-26,44H,42H2,1-4H3/b6-5?,7-5?,8-6?,14-7?,17-13-,20-8?,27-14?,33-32?,39-20?,39-32?,43-23-. The van der Waals surface area contributed by atoms with E-state index in [2.05, 4.69) is 135 Å². The maximum atomic E-state index is 6.72. The van der Waals surface area contributed by atoms with E-state index in [4.69, 9.17) is 5.73 Å². The van der Waals surface area contributed by atoms with Crippen LogP contribution in [0.4, 0.5) is 11.4 Å². The number of nitrogens with one attached hydrogen (secondary N) is 1. The highest BCUT2D eigenvalue weighted by Crippen LogP contribution is 2.50. The van der Waals surface area contributed by atoms with Crippen molar-refractivity contribution in [3.63, 3.8) is 0 Å². The van der Waals surface area contributed by atoms with Crippen LogP contribution < -0.4 is 11.2 Å². The lowest BCUT2D eigenvalue weighted by atomic mass is 9.81. The van der Waals surface area contributed by atoms with Crippen molar-refractivity contribution in [1.29, 1.82) is 0 Å². The maximum Gasteiger partial charge on any atom is 0.0565 e. The van der Waals surface area contributed by atoms with Crippen LogP contribution in [0.3, 0.4) is 0 Å². The van der Waals surface area contributed by atoms with Crippen LogP contribution in [0.15, 0.2) is 126 Å². The van der Waals surface area contributed by atoms with E-state index in [-0.39, 0.29) is 10.8 Å². The van der Waals surface area contributed by atoms with E-state index in [0.29, 0.717) is 5.69 Å². The Kier molecular flexibility index (Phi) is 6.62. The Morgan fingerprint density at radius 3 is 1.91 bits per heavy atom. The van der Waals surface area contributed by atoms with Crippen LogP contribution in [0, 0.1) is 0 Å². The molecule has 7 rings (SSSR count). The van der Waals surface area contributed by atoms with Crippen LogP contribution in [0.2, 0.25) is 0 Å². The second-order valence-corrected chi connectivity index (χ2v) is 12.8. The summed E-state index contributed by atoms with van der Waals surface area (Å²) in [5.41, 5.74) is 23.0. The molecule has 0 aliphatic heterocycles. The second-order valence-electron chi connectivity index (χ2n) is 12.8. The van der Waals surface area contributed by atoms with Gasteiger partial charge in [0, 0.05) is 28.3 Å². The molecule has 0 heterocycles. The van der Waals surface area contributed by atoms with E-state index in [1.807, 2.05) is 30.3 Å². The van der Waals surface area contributed by atoms with Crippen molar-refractivity contribution in [2.24, 2.45) is 5.10 Å². The normalized spacial score (nSPS) is 15.1. The van der Waals surface area contributed by atoms with Crippen LogP contribution in [0.25, 0.3) is 39.1 Å². The fourth-order valence-electron chi connectivity index (χ4n) is 7.08. The van der Waals surface area contributed by atoms with Crippen molar-refractivity contribution in [2.75, 3.05) is 11.2 Å². The summed E-state index contributed by atoms with van der Waals surface area (Å²) in [6, 6.07) is 40.8. The summed E-state index contributed by atoms with van der Waals surface area (Å²) in [6.07, 6.45) is 5.81. The Morgan fingerprint density at radius 1 is 0.591 bits per heavy atom. The highest BCUT2D eigenvalue weighted by atomic mass is 15.3. The van der Waals surface area contributed by atoms with Gasteiger partial charge in [0.1, 0.15) is 0 Å². The van der Waals surface area contributed by atoms with Crippen molar-refractivity contribution in [3.05, 3.63) is 149 Å². The van der Waals surface area contributed by atoms with Crippen LogP contribution in [-0.4, -0.2) is 6.21 Å². The van der Waals surface area contributed by atoms with Crippen molar-refractivity contribution in [3.8, 4) is 22.3 Å². The van der Waals surface area contributed by atoms with Gasteiger partial charge in [0.15, 0.2) is 0 Å². The van der Waals surface area contributed by atoms with Gasteiger partial charge in [-0.1, -0.05) is 119 Å². The summed E-state index contributed by atoms with van der Waals surface area (Å²) in [5, 5.41) is 6.79. The van der Waals surface area contributed by atoms with E-state index >= 15 is 0 Å². The molecular formula is C41H37N3. The predicted octanol–water partition coefficient (Wildman–Crippen LogP) is 10.3. The number of nitrogen functional groups attached to an aromatic ring is 1. The van der Waals surface area contributed by atoms with Crippen molar-refractivity contribution in [2.45, 2.75) is 38.5 Å². The van der Waals surface area contributed by atoms with E-state index < -0.39 is 0 Å². The van der Waals surface area contributed by atoms with Gasteiger partial charge in [-0.25, -0.2) is 0 Å². The number of benzene rings is 4. The quantitative estimate of drug-likeness (QED) is 0.167. The van der Waals surface area contributed by atoms with Gasteiger partial charge in [0.25, 0.3) is 0 Å². The molecule has 0 fully saturated rings. The van der Waals surface area contributed by atoms with Gasteiger partial charge in [0.05, 0.1) is 5.69 Å². The summed E-state index contributed by atoms with van der Waals surface area (Å²) >= 11 is 0. The molecule has 5 aromatic carbocycles. The number of anilines is 2. The molecular weight excluding hydrogens is 534 g/mol. The second kappa shape index (κ2) is 10.5. The molecule has 0 atom stereocenters. The van der Waals surface area contributed by atoms with Gasteiger partial charge in [-0.15, -0.1) is 0 Å². The minimum Gasteiger partial charge on any atom is -0.398 e. The Morgan fingerprint density at radius 2 is 1.18 bits per heavy atom. The molecule has 3 heteroatoms. The molecule has 0 radical (unpaired) electrons. The first-order valence-electron chi connectivity index (χ1n) is 15.3. The molecule has 0 spiro atoms. The zero-order valence-corrected chi connectivity index (χ0v) is 25.7. The Labute approximate surface area is 260 Å². The fraction of sp³-hybridized carbons (Fsp3) is 0.146. The molecule has 0 saturated heterocycles. The first-order valence-corrected chi connectivity index (χ1v) is 15.3. The Hall–Kier alpha value is -5.15. The largest absolute Gasteiger partial charge is 0.398 e. The lowest BCUT2D eigenvalue weighted by molar-refractivity contribution is 0.660. The highest BCUT2D eigenvalue weighted by molar-refractivity contribution is 6.00. The molecule has 44 heavy (non-hydrogen) atoms. The first kappa shape index (κ1) is 27.7. The van der Waals surface area contributed by atoms with E-state index in [0.717, 1.165) is 22.0 Å². The van der Waals surface area contributed by atoms with Crippen molar-refractivity contribution < 1.29 is 0 Å². The van der Waals surface area contributed by atoms with Crippen molar-refractivity contribution >= 4 is 34.4 Å². The predicted molar refractivity (Wildman–Crippen MR) is 189 cm³/mol. The van der Waals surface area contributed by atoms with E-state index in [1.165, 1.54) is 44.5 Å². The number of nitrogens with two attached hydrogens (primary N) is 1. The Balaban J connectivity index is 1.24. The van der Waals surface area contributed by atoms with Gasteiger partial charge in [-0.2, -0.15) is 5.10 Å². The molecule has 216 valence electrons. The topological polar surface area (TPSA) is 50.4 Å². The Bertz CT molecular complexity index is 2060. The summed E-state index contributed by atoms with van der Waals surface area (Å²) in [7, 11) is 0. The molecule has 0 saturated carbocycles. The van der Waals surface area contributed by atoms with Gasteiger partial charge >= 0.3 is 0 Å². The number of nitrogens with zero attached hydrogens (tertiary/aromatic N) is 1. The number of fused-ring (bicyclic) bond motifs is 7. The third kappa shape index (κ3) is 4.48. The van der Waals surface area contributed by atoms with Gasteiger partial charge in [-0.3, -0.25) is 5.43 Å². The average molecular weight is 572 g/mol. The molecule has 3 N–H and O–H groups in total. The molecule has 2 aliphatic carbocycles. The summed E-state index contributed by atoms with van der Waals surface area (Å²) in [5.74, 6) is 0. The van der Waals surface area contributed by atoms with Gasteiger partial charge < -0.3 is 5.73 Å². The van der Waals surface area contributed by atoms with E-state index in [1.54, 1.807) is 6.21 Å². The zero-order chi connectivity index (χ0) is 30.5. The van der Waals surface area contributed by atoms with Crippen LogP contribution in [0.5, 0.6) is 0 Å². The SMILES string of the molecule is CC1(C)c2ccccc2-c2ccc(N/N=C\C=C/c3c(N)ccccccc4cc5c(cc34)C(C)(C)c3ccccc3-5)cc21. The van der Waals surface area contributed by atoms with Crippen LogP contribution in [0.1, 0.15) is 55.5 Å². The van der Waals surface area contributed by atoms with Crippen molar-refractivity contribution in [1.82, 2.24) is 0 Å². The monoisotopic (exact) mass is 571 g/mol. The fourth-order valence-corrected chi connectivity index (χ4v) is 7.08. The smallest absolute Gasteiger partial charge is 0.0565 e. The number of allylic oxidation sites excluding steroid dienone is 1. The third-order valence-electron chi connectivity index (χ3n) is 9.44. The number of rotatable bonds is 4. The van der Waals surface area contributed by atoms with Crippen LogP contribution in [-0.2, 0) is 10.8 Å². The molecule has 3 nitrogen and oxygen atoms in total. The zero-order valence-electron chi connectivity index (χ0n) is 25.7. The lowest BCUT2D eigenvalue weighted by Gasteiger charge is -2.22. The first-order chi connectivity index (χ1) is 21.3. The summed E-state index contributed by atoms with van der Waals surface area (Å²) < 4.78 is 0. The van der Waals surface area contributed by atoms with Gasteiger partial charge in [-0.05, 0) is 91.7 Å². The minimum absolute atomic E-state index is 0.0479.